The van der Waals surface area contributed by atoms with Gasteiger partial charge in [-0.15, -0.1) is 0 Å². The zero-order chi connectivity index (χ0) is 16.3. The second-order valence-electron chi connectivity index (χ2n) is 6.31. The van der Waals surface area contributed by atoms with Crippen molar-refractivity contribution in [3.63, 3.8) is 0 Å². The molecule has 1 heterocycles. The maximum absolute atomic E-state index is 12.3. The number of aromatic nitrogens is 1. The molecule has 1 unspecified atom stereocenters. The van der Waals surface area contributed by atoms with E-state index >= 15 is 0 Å². The van der Waals surface area contributed by atoms with Crippen LogP contribution in [0.5, 0.6) is 0 Å². The predicted molar refractivity (Wildman–Crippen MR) is 95.2 cm³/mol. The van der Waals surface area contributed by atoms with Gasteiger partial charge in [0, 0.05) is 34.7 Å². The van der Waals surface area contributed by atoms with Gasteiger partial charge in [-0.2, -0.15) is 0 Å². The van der Waals surface area contributed by atoms with Crippen LogP contribution in [0.2, 0.25) is 0 Å². The topological polar surface area (TPSA) is 42.0 Å². The first-order valence-electron chi connectivity index (χ1n) is 8.04. The average molecular weight is 373 g/mol. The molecule has 2 aromatic rings. The number of hydrogen-bond donors (Lipinski definition) is 1. The van der Waals surface area contributed by atoms with Crippen LogP contribution in [0.25, 0.3) is 0 Å². The number of pyridine rings is 1. The molecule has 1 amide bonds. The number of nitrogens with zero attached hydrogens (tertiary/aromatic N) is 1. The van der Waals surface area contributed by atoms with Gasteiger partial charge >= 0.3 is 0 Å². The molecule has 0 saturated heterocycles. The van der Waals surface area contributed by atoms with Crippen LogP contribution < -0.4 is 5.32 Å². The molecule has 23 heavy (non-hydrogen) atoms. The van der Waals surface area contributed by atoms with Crippen LogP contribution >= 0.6 is 15.9 Å². The van der Waals surface area contributed by atoms with E-state index in [0.717, 1.165) is 29.3 Å². The highest BCUT2D eigenvalue weighted by molar-refractivity contribution is 9.10. The third-order valence-corrected chi connectivity index (χ3v) is 5.33. The Hall–Kier alpha value is -1.68. The highest BCUT2D eigenvalue weighted by Gasteiger charge is 2.49. The molecule has 1 aliphatic rings. The van der Waals surface area contributed by atoms with Gasteiger partial charge in [-0.3, -0.25) is 9.78 Å². The summed E-state index contributed by atoms with van der Waals surface area (Å²) in [4.78, 5) is 16.2. The lowest BCUT2D eigenvalue weighted by molar-refractivity contribution is -0.121. The average Bonchev–Trinajstić information content (AvgIpc) is 3.36. The number of amides is 1. The van der Waals surface area contributed by atoms with Crippen LogP contribution in [0.1, 0.15) is 37.3 Å². The van der Waals surface area contributed by atoms with Crippen LogP contribution in [0.4, 0.5) is 0 Å². The summed E-state index contributed by atoms with van der Waals surface area (Å²) in [6, 6.07) is 12.6. The second-order valence-corrected chi connectivity index (χ2v) is 7.22. The lowest BCUT2D eigenvalue weighted by Gasteiger charge is -2.25. The summed E-state index contributed by atoms with van der Waals surface area (Å²) in [5, 5.41) is 3.20. The molecule has 0 spiro atoms. The Morgan fingerprint density at radius 2 is 1.87 bits per heavy atom. The normalized spacial score (nSPS) is 16.6. The summed E-state index contributed by atoms with van der Waals surface area (Å²) in [6.07, 6.45) is 7.09. The van der Waals surface area contributed by atoms with Crippen LogP contribution in [0.15, 0.2) is 53.3 Å². The fourth-order valence-electron chi connectivity index (χ4n) is 3.15. The first-order valence-corrected chi connectivity index (χ1v) is 8.84. The number of benzene rings is 1. The van der Waals surface area contributed by atoms with Gasteiger partial charge in [0.25, 0.3) is 0 Å². The minimum absolute atomic E-state index is 0.118. The smallest absolute Gasteiger partial charge is 0.220 e. The number of carbonyl (C=O) groups is 1. The van der Waals surface area contributed by atoms with Gasteiger partial charge in [0.15, 0.2) is 0 Å². The standard InChI is InChI=1S/C19H21BrN2O/c1-14(19(10-11-19)16-3-5-17(20)6-4-16)22-18(23)7-2-15-8-12-21-13-9-15/h3-6,8-9,12-14H,2,7,10-11H2,1H3,(H,22,23). The number of rotatable bonds is 6. The molecule has 1 atom stereocenters. The summed E-state index contributed by atoms with van der Waals surface area (Å²) in [5.74, 6) is 0.123. The summed E-state index contributed by atoms with van der Waals surface area (Å²) in [6.45, 7) is 2.12. The maximum atomic E-state index is 12.3. The van der Waals surface area contributed by atoms with Gasteiger partial charge in [-0.1, -0.05) is 28.1 Å². The molecule has 4 heteroatoms. The number of carbonyl (C=O) groups excluding carboxylic acids is 1. The number of nitrogens with one attached hydrogen (secondary N) is 1. The fourth-order valence-corrected chi connectivity index (χ4v) is 3.41. The molecule has 0 bridgehead atoms. The lowest BCUT2D eigenvalue weighted by Crippen LogP contribution is -2.41. The Morgan fingerprint density at radius 3 is 2.48 bits per heavy atom. The lowest BCUT2D eigenvalue weighted by atomic mass is 9.89. The van der Waals surface area contributed by atoms with Crippen molar-refractivity contribution >= 4 is 21.8 Å². The maximum Gasteiger partial charge on any atom is 0.220 e. The first-order chi connectivity index (χ1) is 11.1. The van der Waals surface area contributed by atoms with E-state index in [1.54, 1.807) is 12.4 Å². The van der Waals surface area contributed by atoms with E-state index in [9.17, 15) is 4.79 Å². The Morgan fingerprint density at radius 1 is 1.22 bits per heavy atom. The Kier molecular flexibility index (Phi) is 4.81. The largest absolute Gasteiger partial charge is 0.353 e. The van der Waals surface area contributed by atoms with Crippen LogP contribution in [-0.2, 0) is 16.6 Å². The fraction of sp³-hybridized carbons (Fsp3) is 0.368. The number of hydrogen-bond acceptors (Lipinski definition) is 2. The number of aryl methyl sites for hydroxylation is 1. The quantitative estimate of drug-likeness (QED) is 0.831. The van der Waals surface area contributed by atoms with Crippen LogP contribution in [0.3, 0.4) is 0 Å². The molecule has 3 nitrogen and oxygen atoms in total. The van der Waals surface area contributed by atoms with Gasteiger partial charge in [0.05, 0.1) is 0 Å². The molecular formula is C19H21BrN2O. The molecule has 1 saturated carbocycles. The van der Waals surface area contributed by atoms with E-state index in [2.05, 4.69) is 57.4 Å². The monoisotopic (exact) mass is 372 g/mol. The Labute approximate surface area is 145 Å². The van der Waals surface area contributed by atoms with Crippen molar-refractivity contribution in [3.8, 4) is 0 Å². The number of halogens is 1. The molecule has 0 radical (unpaired) electrons. The van der Waals surface area contributed by atoms with E-state index in [4.69, 9.17) is 0 Å². The minimum Gasteiger partial charge on any atom is -0.353 e. The van der Waals surface area contributed by atoms with Crippen LogP contribution in [-0.4, -0.2) is 16.9 Å². The third-order valence-electron chi connectivity index (χ3n) is 4.80. The molecule has 1 aliphatic carbocycles. The van der Waals surface area contributed by atoms with E-state index in [0.29, 0.717) is 6.42 Å². The van der Waals surface area contributed by atoms with Crippen molar-refractivity contribution in [2.24, 2.45) is 0 Å². The van der Waals surface area contributed by atoms with Gasteiger partial charge in [-0.25, -0.2) is 0 Å². The summed E-state index contributed by atoms with van der Waals surface area (Å²) >= 11 is 3.48. The molecule has 1 aromatic heterocycles. The highest BCUT2D eigenvalue weighted by atomic mass is 79.9. The van der Waals surface area contributed by atoms with Crippen molar-refractivity contribution in [3.05, 3.63) is 64.4 Å². The van der Waals surface area contributed by atoms with Crippen molar-refractivity contribution in [2.45, 2.75) is 44.1 Å². The minimum atomic E-state index is 0.118. The Bertz CT molecular complexity index is 666. The Balaban J connectivity index is 1.57. The van der Waals surface area contributed by atoms with Crippen molar-refractivity contribution in [2.75, 3.05) is 0 Å². The highest BCUT2D eigenvalue weighted by Crippen LogP contribution is 2.51. The van der Waals surface area contributed by atoms with Gasteiger partial charge in [0.2, 0.25) is 5.91 Å². The molecule has 0 aliphatic heterocycles. The summed E-state index contributed by atoms with van der Waals surface area (Å²) < 4.78 is 1.09. The van der Waals surface area contributed by atoms with Crippen molar-refractivity contribution in [1.82, 2.24) is 10.3 Å². The molecular weight excluding hydrogens is 352 g/mol. The van der Waals surface area contributed by atoms with Crippen molar-refractivity contribution < 1.29 is 4.79 Å². The molecule has 1 N–H and O–H groups in total. The predicted octanol–water partition coefficient (Wildman–Crippen LogP) is 4.01. The zero-order valence-corrected chi connectivity index (χ0v) is 14.8. The summed E-state index contributed by atoms with van der Waals surface area (Å²) in [7, 11) is 0. The second kappa shape index (κ2) is 6.83. The van der Waals surface area contributed by atoms with Crippen LogP contribution in [0, 0.1) is 0 Å². The third kappa shape index (κ3) is 3.81. The van der Waals surface area contributed by atoms with Gasteiger partial charge in [-0.05, 0) is 61.6 Å². The molecule has 120 valence electrons. The first kappa shape index (κ1) is 16.2. The summed E-state index contributed by atoms with van der Waals surface area (Å²) in [5.41, 5.74) is 2.59. The van der Waals surface area contributed by atoms with Gasteiger partial charge < -0.3 is 5.32 Å². The molecule has 1 aromatic carbocycles. The zero-order valence-electron chi connectivity index (χ0n) is 13.3. The van der Waals surface area contributed by atoms with Gasteiger partial charge in [0.1, 0.15) is 0 Å². The molecule has 1 fully saturated rings. The van der Waals surface area contributed by atoms with E-state index in [1.807, 2.05) is 12.1 Å². The van der Waals surface area contributed by atoms with E-state index in [-0.39, 0.29) is 17.4 Å². The van der Waals surface area contributed by atoms with E-state index in [1.165, 1.54) is 5.56 Å². The van der Waals surface area contributed by atoms with Crippen molar-refractivity contribution in [1.29, 1.82) is 0 Å². The SMILES string of the molecule is CC(NC(=O)CCc1ccncc1)C1(c2ccc(Br)cc2)CC1. The van der Waals surface area contributed by atoms with E-state index < -0.39 is 0 Å². The molecule has 3 rings (SSSR count).